The average molecular weight is 265 g/mol. The van der Waals surface area contributed by atoms with Crippen LogP contribution in [0.4, 0.5) is 5.69 Å². The fourth-order valence-electron chi connectivity index (χ4n) is 1.52. The van der Waals surface area contributed by atoms with Crippen LogP contribution in [-0.4, -0.2) is 29.5 Å². The summed E-state index contributed by atoms with van der Waals surface area (Å²) in [4.78, 5) is 23.2. The Morgan fingerprint density at radius 2 is 2.05 bits per heavy atom. The standard InChI is InChI=1S/C13H19N3O3/c1-8(2)16-12(18)5-6-15-13(19)10-7-9(17)3-4-11(10)14/h3-4,7-8,17H,5-6,14H2,1-2H3,(H,15,19)(H,16,18). The molecular formula is C13H19N3O3. The topological polar surface area (TPSA) is 104 Å². The highest BCUT2D eigenvalue weighted by Gasteiger charge is 2.11. The van der Waals surface area contributed by atoms with Crippen molar-refractivity contribution >= 4 is 17.5 Å². The molecule has 6 heteroatoms. The first-order valence-electron chi connectivity index (χ1n) is 6.06. The zero-order chi connectivity index (χ0) is 14.4. The number of benzene rings is 1. The number of anilines is 1. The second-order valence-electron chi connectivity index (χ2n) is 4.50. The van der Waals surface area contributed by atoms with E-state index in [2.05, 4.69) is 10.6 Å². The number of nitrogen functional groups attached to an aromatic ring is 1. The van der Waals surface area contributed by atoms with E-state index in [0.29, 0.717) is 0 Å². The van der Waals surface area contributed by atoms with Crippen molar-refractivity contribution in [2.45, 2.75) is 26.3 Å². The molecular weight excluding hydrogens is 246 g/mol. The van der Waals surface area contributed by atoms with E-state index in [4.69, 9.17) is 5.73 Å². The van der Waals surface area contributed by atoms with E-state index in [1.54, 1.807) is 0 Å². The number of hydrogen-bond donors (Lipinski definition) is 4. The molecule has 0 heterocycles. The molecule has 5 N–H and O–H groups in total. The summed E-state index contributed by atoms with van der Waals surface area (Å²) in [5.41, 5.74) is 6.11. The van der Waals surface area contributed by atoms with Crippen molar-refractivity contribution < 1.29 is 14.7 Å². The molecule has 0 aliphatic heterocycles. The Labute approximate surface area is 112 Å². The van der Waals surface area contributed by atoms with Gasteiger partial charge in [0.25, 0.3) is 5.91 Å². The van der Waals surface area contributed by atoms with Crippen LogP contribution in [0.1, 0.15) is 30.6 Å². The Balaban J connectivity index is 2.48. The maximum absolute atomic E-state index is 11.8. The van der Waals surface area contributed by atoms with Gasteiger partial charge in [-0.3, -0.25) is 9.59 Å². The van der Waals surface area contributed by atoms with E-state index in [9.17, 15) is 14.7 Å². The molecule has 0 spiro atoms. The summed E-state index contributed by atoms with van der Waals surface area (Å²) < 4.78 is 0. The predicted octanol–water partition coefficient (Wildman–Crippen LogP) is 0.619. The third-order valence-corrected chi connectivity index (χ3v) is 2.37. The molecule has 0 bridgehead atoms. The number of rotatable bonds is 5. The van der Waals surface area contributed by atoms with Crippen LogP contribution >= 0.6 is 0 Å². The lowest BCUT2D eigenvalue weighted by atomic mass is 10.1. The van der Waals surface area contributed by atoms with E-state index < -0.39 is 5.91 Å². The van der Waals surface area contributed by atoms with Crippen molar-refractivity contribution in [2.24, 2.45) is 0 Å². The number of phenolic OH excluding ortho intramolecular Hbond substituents is 1. The molecule has 0 aliphatic carbocycles. The molecule has 104 valence electrons. The molecule has 0 saturated heterocycles. The van der Waals surface area contributed by atoms with Crippen LogP contribution in [0.2, 0.25) is 0 Å². The van der Waals surface area contributed by atoms with Crippen LogP contribution in [0.15, 0.2) is 18.2 Å². The van der Waals surface area contributed by atoms with Crippen molar-refractivity contribution in [3.63, 3.8) is 0 Å². The Bertz CT molecular complexity index is 472. The summed E-state index contributed by atoms with van der Waals surface area (Å²) in [6.45, 7) is 3.94. The van der Waals surface area contributed by atoms with Gasteiger partial charge in [0, 0.05) is 24.7 Å². The van der Waals surface area contributed by atoms with E-state index in [-0.39, 0.29) is 41.9 Å². The van der Waals surface area contributed by atoms with Crippen LogP contribution < -0.4 is 16.4 Å². The van der Waals surface area contributed by atoms with Gasteiger partial charge in [0.15, 0.2) is 0 Å². The normalized spacial score (nSPS) is 10.3. The minimum atomic E-state index is -0.411. The third kappa shape index (κ3) is 4.87. The van der Waals surface area contributed by atoms with Crippen molar-refractivity contribution in [3.8, 4) is 5.75 Å². The van der Waals surface area contributed by atoms with Gasteiger partial charge in [0.05, 0.1) is 5.56 Å². The molecule has 1 aromatic rings. The van der Waals surface area contributed by atoms with E-state index >= 15 is 0 Å². The number of nitrogens with two attached hydrogens (primary N) is 1. The molecule has 1 aromatic carbocycles. The van der Waals surface area contributed by atoms with Crippen LogP contribution in [0.25, 0.3) is 0 Å². The summed E-state index contributed by atoms with van der Waals surface area (Å²) in [7, 11) is 0. The molecule has 0 fully saturated rings. The quantitative estimate of drug-likeness (QED) is 0.462. The van der Waals surface area contributed by atoms with Gasteiger partial charge in [0.2, 0.25) is 5.91 Å². The summed E-state index contributed by atoms with van der Waals surface area (Å²) in [5, 5.41) is 14.6. The van der Waals surface area contributed by atoms with Gasteiger partial charge < -0.3 is 21.5 Å². The lowest BCUT2D eigenvalue weighted by Gasteiger charge is -2.10. The minimum absolute atomic E-state index is 0.0306. The molecule has 6 nitrogen and oxygen atoms in total. The van der Waals surface area contributed by atoms with Crippen LogP contribution in [0, 0.1) is 0 Å². The van der Waals surface area contributed by atoms with Gasteiger partial charge in [0.1, 0.15) is 5.75 Å². The van der Waals surface area contributed by atoms with Crippen LogP contribution in [0.5, 0.6) is 5.75 Å². The molecule has 0 aliphatic rings. The zero-order valence-electron chi connectivity index (χ0n) is 11.1. The van der Waals surface area contributed by atoms with E-state index in [1.165, 1.54) is 18.2 Å². The van der Waals surface area contributed by atoms with Gasteiger partial charge in [-0.1, -0.05) is 0 Å². The zero-order valence-corrected chi connectivity index (χ0v) is 11.1. The highest BCUT2D eigenvalue weighted by Crippen LogP contribution is 2.18. The highest BCUT2D eigenvalue weighted by atomic mass is 16.3. The fourth-order valence-corrected chi connectivity index (χ4v) is 1.52. The average Bonchev–Trinajstić information content (AvgIpc) is 2.31. The molecule has 0 saturated carbocycles. The van der Waals surface area contributed by atoms with Gasteiger partial charge in [-0.2, -0.15) is 0 Å². The first kappa shape index (κ1) is 14.8. The molecule has 1 rings (SSSR count). The predicted molar refractivity (Wildman–Crippen MR) is 72.7 cm³/mol. The number of carbonyl (C=O) groups excluding carboxylic acids is 2. The molecule has 0 aromatic heterocycles. The van der Waals surface area contributed by atoms with Crippen molar-refractivity contribution in [3.05, 3.63) is 23.8 Å². The Morgan fingerprint density at radius 3 is 2.68 bits per heavy atom. The summed E-state index contributed by atoms with van der Waals surface area (Å²) in [6, 6.07) is 4.22. The highest BCUT2D eigenvalue weighted by molar-refractivity contribution is 5.99. The second kappa shape index (κ2) is 6.63. The largest absolute Gasteiger partial charge is 0.508 e. The van der Waals surface area contributed by atoms with Gasteiger partial charge in [-0.25, -0.2) is 0 Å². The van der Waals surface area contributed by atoms with E-state index in [1.807, 2.05) is 13.8 Å². The Hall–Kier alpha value is -2.24. The van der Waals surface area contributed by atoms with Gasteiger partial charge in [-0.05, 0) is 32.0 Å². The van der Waals surface area contributed by atoms with Gasteiger partial charge >= 0.3 is 0 Å². The van der Waals surface area contributed by atoms with Crippen molar-refractivity contribution in [2.75, 3.05) is 12.3 Å². The lowest BCUT2D eigenvalue weighted by molar-refractivity contribution is -0.121. The maximum Gasteiger partial charge on any atom is 0.253 e. The Morgan fingerprint density at radius 1 is 1.37 bits per heavy atom. The lowest BCUT2D eigenvalue weighted by Crippen LogP contribution is -2.34. The van der Waals surface area contributed by atoms with Gasteiger partial charge in [-0.15, -0.1) is 0 Å². The number of hydrogen-bond acceptors (Lipinski definition) is 4. The third-order valence-electron chi connectivity index (χ3n) is 2.37. The molecule has 19 heavy (non-hydrogen) atoms. The molecule has 0 atom stereocenters. The first-order valence-corrected chi connectivity index (χ1v) is 6.06. The smallest absolute Gasteiger partial charge is 0.253 e. The number of amides is 2. The van der Waals surface area contributed by atoms with Crippen molar-refractivity contribution in [1.82, 2.24) is 10.6 Å². The Kier molecular flexibility index (Phi) is 5.17. The minimum Gasteiger partial charge on any atom is -0.508 e. The first-order chi connectivity index (χ1) is 8.90. The monoisotopic (exact) mass is 265 g/mol. The summed E-state index contributed by atoms with van der Waals surface area (Å²) in [6.07, 6.45) is 0.197. The molecule has 0 radical (unpaired) electrons. The number of nitrogens with one attached hydrogen (secondary N) is 2. The molecule has 2 amide bonds. The summed E-state index contributed by atoms with van der Waals surface area (Å²) in [5.74, 6) is -0.568. The SMILES string of the molecule is CC(C)NC(=O)CCNC(=O)c1cc(O)ccc1N. The van der Waals surface area contributed by atoms with Crippen LogP contribution in [-0.2, 0) is 4.79 Å². The fraction of sp³-hybridized carbons (Fsp3) is 0.385. The van der Waals surface area contributed by atoms with E-state index in [0.717, 1.165) is 0 Å². The van der Waals surface area contributed by atoms with Crippen LogP contribution in [0.3, 0.4) is 0 Å². The number of carbonyl (C=O) groups is 2. The molecule has 0 unspecified atom stereocenters. The maximum atomic E-state index is 11.8. The summed E-state index contributed by atoms with van der Waals surface area (Å²) >= 11 is 0. The number of phenols is 1. The number of aromatic hydroxyl groups is 1. The second-order valence-corrected chi connectivity index (χ2v) is 4.50. The van der Waals surface area contributed by atoms with Crippen molar-refractivity contribution in [1.29, 1.82) is 0 Å².